The minimum absolute atomic E-state index is 0.0854. The summed E-state index contributed by atoms with van der Waals surface area (Å²) in [7, 11) is 0. The lowest BCUT2D eigenvalue weighted by molar-refractivity contribution is 0.424. The van der Waals surface area contributed by atoms with Gasteiger partial charge in [-0.25, -0.2) is 0 Å². The Morgan fingerprint density at radius 1 is 1.73 bits per heavy atom. The normalized spacial score (nSPS) is 13.0. The highest BCUT2D eigenvalue weighted by atomic mass is 16.5. The Bertz CT molecular complexity index is 220. The molecule has 0 aliphatic heterocycles. The molecule has 1 aromatic heterocycles. The number of hydrogen-bond acceptors (Lipinski definition) is 5. The standard InChI is InChI=1S/C6H12N4O/c1-4(7)3-8-6-9-5(2)10-11-6/h4H,3,7H2,1-2H3,(H,8,9,10). The lowest BCUT2D eigenvalue weighted by atomic mass is 10.4. The van der Waals surface area contributed by atoms with Gasteiger partial charge in [-0.15, -0.1) is 0 Å². The molecule has 0 saturated heterocycles. The van der Waals surface area contributed by atoms with E-state index in [0.29, 0.717) is 18.4 Å². The van der Waals surface area contributed by atoms with Gasteiger partial charge >= 0.3 is 6.01 Å². The lowest BCUT2D eigenvalue weighted by Crippen LogP contribution is -2.25. The molecule has 1 heterocycles. The summed E-state index contributed by atoms with van der Waals surface area (Å²) in [6.07, 6.45) is 0. The van der Waals surface area contributed by atoms with Crippen molar-refractivity contribution < 1.29 is 4.52 Å². The fraction of sp³-hybridized carbons (Fsp3) is 0.667. The predicted octanol–water partition coefficient (Wildman–Crippen LogP) is 0.137. The van der Waals surface area contributed by atoms with Gasteiger partial charge in [0.25, 0.3) is 0 Å². The molecule has 11 heavy (non-hydrogen) atoms. The van der Waals surface area contributed by atoms with E-state index >= 15 is 0 Å². The van der Waals surface area contributed by atoms with Crippen LogP contribution in [0.5, 0.6) is 0 Å². The van der Waals surface area contributed by atoms with E-state index in [-0.39, 0.29) is 6.04 Å². The molecule has 3 N–H and O–H groups in total. The molecule has 0 aliphatic rings. The van der Waals surface area contributed by atoms with Crippen molar-refractivity contribution in [2.24, 2.45) is 5.73 Å². The van der Waals surface area contributed by atoms with Crippen LogP contribution < -0.4 is 11.1 Å². The van der Waals surface area contributed by atoms with Crippen molar-refractivity contribution in [3.8, 4) is 0 Å². The molecule has 0 spiro atoms. The first kappa shape index (κ1) is 8.00. The molecule has 1 unspecified atom stereocenters. The summed E-state index contributed by atoms with van der Waals surface area (Å²) in [5.74, 6) is 0.622. The van der Waals surface area contributed by atoms with Crippen LogP contribution in [0.25, 0.3) is 0 Å². The number of rotatable bonds is 3. The van der Waals surface area contributed by atoms with E-state index in [1.54, 1.807) is 6.92 Å². The Morgan fingerprint density at radius 2 is 2.45 bits per heavy atom. The lowest BCUT2D eigenvalue weighted by Gasteiger charge is -2.02. The second-order valence-electron chi connectivity index (χ2n) is 2.50. The number of nitrogens with one attached hydrogen (secondary N) is 1. The Kier molecular flexibility index (Phi) is 2.43. The highest BCUT2D eigenvalue weighted by Gasteiger charge is 2.01. The van der Waals surface area contributed by atoms with E-state index in [1.807, 2.05) is 6.92 Å². The summed E-state index contributed by atoms with van der Waals surface area (Å²) in [5, 5.41) is 6.50. The first-order valence-electron chi connectivity index (χ1n) is 3.48. The number of nitrogens with zero attached hydrogens (tertiary/aromatic N) is 2. The third kappa shape index (κ3) is 2.55. The Hall–Kier alpha value is -1.10. The van der Waals surface area contributed by atoms with Gasteiger partial charge in [0.2, 0.25) is 0 Å². The van der Waals surface area contributed by atoms with Gasteiger partial charge in [-0.3, -0.25) is 0 Å². The Morgan fingerprint density at radius 3 is 2.91 bits per heavy atom. The number of anilines is 1. The topological polar surface area (TPSA) is 77.0 Å². The molecule has 62 valence electrons. The smallest absolute Gasteiger partial charge is 0.321 e. The minimum atomic E-state index is 0.0854. The average Bonchev–Trinajstić information content (AvgIpc) is 2.31. The molecule has 0 radical (unpaired) electrons. The molecular weight excluding hydrogens is 144 g/mol. The van der Waals surface area contributed by atoms with Crippen molar-refractivity contribution in [3.05, 3.63) is 5.82 Å². The van der Waals surface area contributed by atoms with E-state index in [9.17, 15) is 0 Å². The van der Waals surface area contributed by atoms with Crippen molar-refractivity contribution in [2.75, 3.05) is 11.9 Å². The zero-order valence-corrected chi connectivity index (χ0v) is 6.66. The fourth-order valence-electron chi connectivity index (χ4n) is 0.617. The zero-order valence-electron chi connectivity index (χ0n) is 6.66. The van der Waals surface area contributed by atoms with Crippen molar-refractivity contribution in [1.82, 2.24) is 10.1 Å². The Labute approximate surface area is 65.0 Å². The monoisotopic (exact) mass is 156 g/mol. The quantitative estimate of drug-likeness (QED) is 0.650. The van der Waals surface area contributed by atoms with Crippen molar-refractivity contribution in [1.29, 1.82) is 0 Å². The van der Waals surface area contributed by atoms with Crippen molar-refractivity contribution >= 4 is 6.01 Å². The second kappa shape index (κ2) is 3.34. The van der Waals surface area contributed by atoms with Crippen LogP contribution in [0.3, 0.4) is 0 Å². The van der Waals surface area contributed by atoms with E-state index < -0.39 is 0 Å². The molecule has 1 aromatic rings. The molecule has 5 heteroatoms. The summed E-state index contributed by atoms with van der Waals surface area (Å²) in [6.45, 7) is 4.30. The maximum atomic E-state index is 5.49. The van der Waals surface area contributed by atoms with E-state index in [4.69, 9.17) is 10.3 Å². The third-order valence-electron chi connectivity index (χ3n) is 1.10. The first-order valence-corrected chi connectivity index (χ1v) is 3.48. The number of aryl methyl sites for hydroxylation is 1. The minimum Gasteiger partial charge on any atom is -0.336 e. The van der Waals surface area contributed by atoms with Crippen LogP contribution in [0.2, 0.25) is 0 Å². The molecule has 0 fully saturated rings. The number of aromatic nitrogens is 2. The highest BCUT2D eigenvalue weighted by Crippen LogP contribution is 2.00. The van der Waals surface area contributed by atoms with Gasteiger partial charge in [-0.1, -0.05) is 5.16 Å². The molecule has 1 rings (SSSR count). The first-order chi connectivity index (χ1) is 5.18. The molecule has 0 aromatic carbocycles. The van der Waals surface area contributed by atoms with Crippen LogP contribution in [-0.2, 0) is 0 Å². The predicted molar refractivity (Wildman–Crippen MR) is 41.2 cm³/mol. The second-order valence-corrected chi connectivity index (χ2v) is 2.50. The summed E-state index contributed by atoms with van der Waals surface area (Å²) < 4.78 is 4.79. The van der Waals surface area contributed by atoms with Crippen LogP contribution in [0, 0.1) is 6.92 Å². The largest absolute Gasteiger partial charge is 0.336 e. The maximum absolute atomic E-state index is 5.49. The third-order valence-corrected chi connectivity index (χ3v) is 1.10. The van der Waals surface area contributed by atoms with Crippen LogP contribution >= 0.6 is 0 Å². The van der Waals surface area contributed by atoms with Gasteiger partial charge in [0.15, 0.2) is 5.82 Å². The number of nitrogens with two attached hydrogens (primary N) is 1. The van der Waals surface area contributed by atoms with E-state index in [0.717, 1.165) is 0 Å². The molecule has 0 aliphatic carbocycles. The fourth-order valence-corrected chi connectivity index (χ4v) is 0.617. The van der Waals surface area contributed by atoms with Gasteiger partial charge in [0.05, 0.1) is 0 Å². The van der Waals surface area contributed by atoms with Crippen LogP contribution in [0.15, 0.2) is 4.52 Å². The average molecular weight is 156 g/mol. The van der Waals surface area contributed by atoms with Gasteiger partial charge in [-0.2, -0.15) is 4.98 Å². The van der Waals surface area contributed by atoms with Crippen molar-refractivity contribution in [2.45, 2.75) is 19.9 Å². The van der Waals surface area contributed by atoms with Crippen LogP contribution in [0.1, 0.15) is 12.7 Å². The SMILES string of the molecule is Cc1noc(NCC(C)N)n1. The molecule has 0 saturated carbocycles. The maximum Gasteiger partial charge on any atom is 0.321 e. The van der Waals surface area contributed by atoms with E-state index in [1.165, 1.54) is 0 Å². The summed E-state index contributed by atoms with van der Waals surface area (Å²) in [4.78, 5) is 3.94. The van der Waals surface area contributed by atoms with Gasteiger partial charge in [-0.05, 0) is 13.8 Å². The van der Waals surface area contributed by atoms with E-state index in [2.05, 4.69) is 15.5 Å². The summed E-state index contributed by atoms with van der Waals surface area (Å²) in [6, 6.07) is 0.516. The summed E-state index contributed by atoms with van der Waals surface area (Å²) in [5.41, 5.74) is 5.49. The van der Waals surface area contributed by atoms with Gasteiger partial charge in [0, 0.05) is 12.6 Å². The van der Waals surface area contributed by atoms with Gasteiger partial charge in [0.1, 0.15) is 0 Å². The molecular formula is C6H12N4O. The van der Waals surface area contributed by atoms with Gasteiger partial charge < -0.3 is 15.6 Å². The van der Waals surface area contributed by atoms with Crippen LogP contribution in [0.4, 0.5) is 6.01 Å². The van der Waals surface area contributed by atoms with Crippen LogP contribution in [-0.4, -0.2) is 22.7 Å². The molecule has 0 amide bonds. The highest BCUT2D eigenvalue weighted by molar-refractivity contribution is 5.17. The Balaban J connectivity index is 2.39. The molecule has 5 nitrogen and oxygen atoms in total. The zero-order chi connectivity index (χ0) is 8.27. The molecule has 0 bridgehead atoms. The summed E-state index contributed by atoms with van der Waals surface area (Å²) >= 11 is 0. The number of hydrogen-bond donors (Lipinski definition) is 2. The van der Waals surface area contributed by atoms with Crippen molar-refractivity contribution in [3.63, 3.8) is 0 Å². The molecule has 1 atom stereocenters.